The zero-order chi connectivity index (χ0) is 11.2. The minimum atomic E-state index is 0.810. The maximum absolute atomic E-state index is 5.40. The van der Waals surface area contributed by atoms with Gasteiger partial charge in [-0.1, -0.05) is 0 Å². The van der Waals surface area contributed by atoms with Gasteiger partial charge in [0, 0.05) is 0 Å². The van der Waals surface area contributed by atoms with Crippen LogP contribution < -0.4 is 22.1 Å². The maximum Gasteiger partial charge on any atom is -0.00368 e. The van der Waals surface area contributed by atoms with E-state index in [-0.39, 0.29) is 0 Å². The van der Waals surface area contributed by atoms with Crippen LogP contribution in [0.3, 0.4) is 0 Å². The molecule has 0 saturated carbocycles. The molecule has 0 fully saturated rings. The van der Waals surface area contributed by atoms with Crippen molar-refractivity contribution in [1.82, 2.24) is 10.6 Å². The fourth-order valence-corrected chi connectivity index (χ4v) is 1.38. The number of hydrogen-bond acceptors (Lipinski definition) is 4. The fraction of sp³-hybridized carbons (Fsp3) is 1.00. The maximum atomic E-state index is 5.40. The molecule has 15 heavy (non-hydrogen) atoms. The van der Waals surface area contributed by atoms with Crippen molar-refractivity contribution in [2.24, 2.45) is 11.5 Å². The predicted molar refractivity (Wildman–Crippen MR) is 66.9 cm³/mol. The highest BCUT2D eigenvalue weighted by molar-refractivity contribution is 4.53. The van der Waals surface area contributed by atoms with Crippen molar-refractivity contribution in [2.75, 3.05) is 39.3 Å². The van der Waals surface area contributed by atoms with Crippen molar-refractivity contribution in [3.05, 3.63) is 0 Å². The Kier molecular flexibility index (Phi) is 13.7. The summed E-state index contributed by atoms with van der Waals surface area (Å²) in [6.07, 6.45) is 5.85. The molecule has 0 aromatic heterocycles. The van der Waals surface area contributed by atoms with Crippen molar-refractivity contribution in [2.45, 2.75) is 32.1 Å². The number of hydrogen-bond donors (Lipinski definition) is 4. The molecular weight excluding hydrogens is 188 g/mol. The Bertz CT molecular complexity index is 96.8. The van der Waals surface area contributed by atoms with Gasteiger partial charge in [-0.15, -0.1) is 0 Å². The molecule has 6 N–H and O–H groups in total. The molecular formula is C11H28N4. The molecule has 0 aliphatic rings. The normalized spacial score (nSPS) is 10.8. The van der Waals surface area contributed by atoms with Gasteiger partial charge in [0.15, 0.2) is 0 Å². The van der Waals surface area contributed by atoms with E-state index in [0.29, 0.717) is 0 Å². The highest BCUT2D eigenvalue weighted by atomic mass is 14.9. The Balaban J connectivity index is 2.81. The highest BCUT2D eigenvalue weighted by Crippen LogP contribution is 1.84. The van der Waals surface area contributed by atoms with Crippen molar-refractivity contribution < 1.29 is 0 Å². The van der Waals surface area contributed by atoms with E-state index in [1.807, 2.05) is 0 Å². The molecule has 0 aromatic carbocycles. The van der Waals surface area contributed by atoms with E-state index in [0.717, 1.165) is 52.1 Å². The second-order valence-electron chi connectivity index (χ2n) is 3.85. The van der Waals surface area contributed by atoms with Crippen molar-refractivity contribution >= 4 is 0 Å². The Morgan fingerprint density at radius 2 is 0.933 bits per heavy atom. The van der Waals surface area contributed by atoms with Crippen LogP contribution in [0.15, 0.2) is 0 Å². The first kappa shape index (κ1) is 14.8. The number of nitrogens with one attached hydrogen (secondary N) is 2. The Morgan fingerprint density at radius 3 is 1.33 bits per heavy atom. The van der Waals surface area contributed by atoms with Crippen LogP contribution in [0.25, 0.3) is 0 Å². The molecule has 0 aliphatic carbocycles. The molecule has 0 spiro atoms. The van der Waals surface area contributed by atoms with Crippen LogP contribution in [0.1, 0.15) is 32.1 Å². The third-order valence-electron chi connectivity index (χ3n) is 2.32. The molecule has 0 rings (SSSR count). The zero-order valence-corrected chi connectivity index (χ0v) is 9.93. The number of nitrogens with two attached hydrogens (primary N) is 2. The minimum absolute atomic E-state index is 0.810. The van der Waals surface area contributed by atoms with Gasteiger partial charge in [-0.3, -0.25) is 0 Å². The number of unbranched alkanes of at least 4 members (excludes halogenated alkanes) is 2. The van der Waals surface area contributed by atoms with Gasteiger partial charge in [0.25, 0.3) is 0 Å². The molecule has 0 amide bonds. The summed E-state index contributed by atoms with van der Waals surface area (Å²) in [5.74, 6) is 0. The molecule has 92 valence electrons. The molecule has 4 nitrogen and oxygen atoms in total. The standard InChI is InChI=1S/C11H28N4/c12-6-1-3-8-14-10-5-11-15-9-4-2-7-13/h14-15H,1-13H2. The molecule has 0 unspecified atom stereocenters. The van der Waals surface area contributed by atoms with Crippen LogP contribution in [0.4, 0.5) is 0 Å². The van der Waals surface area contributed by atoms with Crippen molar-refractivity contribution in [1.29, 1.82) is 0 Å². The molecule has 0 radical (unpaired) electrons. The molecule has 0 heterocycles. The van der Waals surface area contributed by atoms with Crippen LogP contribution in [0.2, 0.25) is 0 Å². The summed E-state index contributed by atoms with van der Waals surface area (Å²) in [4.78, 5) is 0. The molecule has 4 heteroatoms. The van der Waals surface area contributed by atoms with E-state index in [2.05, 4.69) is 10.6 Å². The van der Waals surface area contributed by atoms with E-state index in [1.54, 1.807) is 0 Å². The van der Waals surface area contributed by atoms with Gasteiger partial charge in [0.05, 0.1) is 0 Å². The first-order chi connectivity index (χ1) is 7.41. The van der Waals surface area contributed by atoms with Gasteiger partial charge in [0.2, 0.25) is 0 Å². The lowest BCUT2D eigenvalue weighted by atomic mass is 10.3. The van der Waals surface area contributed by atoms with Crippen LogP contribution in [-0.4, -0.2) is 39.3 Å². The Hall–Kier alpha value is -0.160. The van der Waals surface area contributed by atoms with Gasteiger partial charge in [-0.25, -0.2) is 0 Å². The molecule has 0 bridgehead atoms. The predicted octanol–water partition coefficient (Wildman–Crippen LogP) is 0.0335. The summed E-state index contributed by atoms with van der Waals surface area (Å²) in [5, 5.41) is 6.81. The summed E-state index contributed by atoms with van der Waals surface area (Å²) in [5.41, 5.74) is 10.8. The smallest absolute Gasteiger partial charge is 0.00368 e. The summed E-state index contributed by atoms with van der Waals surface area (Å²) >= 11 is 0. The van der Waals surface area contributed by atoms with E-state index >= 15 is 0 Å². The second kappa shape index (κ2) is 13.8. The van der Waals surface area contributed by atoms with Gasteiger partial charge >= 0.3 is 0 Å². The van der Waals surface area contributed by atoms with E-state index in [9.17, 15) is 0 Å². The van der Waals surface area contributed by atoms with E-state index < -0.39 is 0 Å². The highest BCUT2D eigenvalue weighted by Gasteiger charge is 1.89. The van der Waals surface area contributed by atoms with Gasteiger partial charge in [-0.05, 0) is 71.4 Å². The monoisotopic (exact) mass is 216 g/mol. The molecule has 0 aromatic rings. The summed E-state index contributed by atoms with van der Waals surface area (Å²) in [7, 11) is 0. The van der Waals surface area contributed by atoms with Crippen LogP contribution in [0, 0.1) is 0 Å². The number of rotatable bonds is 12. The molecule has 0 atom stereocenters. The topological polar surface area (TPSA) is 76.1 Å². The first-order valence-corrected chi connectivity index (χ1v) is 6.23. The van der Waals surface area contributed by atoms with Gasteiger partial charge in [0.1, 0.15) is 0 Å². The lowest BCUT2D eigenvalue weighted by Crippen LogP contribution is -2.23. The van der Waals surface area contributed by atoms with Gasteiger partial charge in [-0.2, -0.15) is 0 Å². The van der Waals surface area contributed by atoms with Gasteiger partial charge < -0.3 is 22.1 Å². The third-order valence-corrected chi connectivity index (χ3v) is 2.32. The van der Waals surface area contributed by atoms with Crippen LogP contribution in [0.5, 0.6) is 0 Å². The summed E-state index contributed by atoms with van der Waals surface area (Å²) < 4.78 is 0. The van der Waals surface area contributed by atoms with Crippen molar-refractivity contribution in [3.63, 3.8) is 0 Å². The Labute approximate surface area is 94.2 Å². The summed E-state index contributed by atoms with van der Waals surface area (Å²) in [6, 6.07) is 0. The van der Waals surface area contributed by atoms with E-state index in [1.165, 1.54) is 19.3 Å². The van der Waals surface area contributed by atoms with Crippen LogP contribution in [-0.2, 0) is 0 Å². The summed E-state index contributed by atoms with van der Waals surface area (Å²) in [6.45, 7) is 6.03. The minimum Gasteiger partial charge on any atom is -0.330 e. The first-order valence-electron chi connectivity index (χ1n) is 6.23. The van der Waals surface area contributed by atoms with Crippen LogP contribution >= 0.6 is 0 Å². The molecule has 0 aliphatic heterocycles. The average Bonchev–Trinajstić information content (AvgIpc) is 2.26. The quantitative estimate of drug-likeness (QED) is 0.347. The fourth-order valence-electron chi connectivity index (χ4n) is 1.38. The Morgan fingerprint density at radius 1 is 0.533 bits per heavy atom. The third kappa shape index (κ3) is 13.8. The second-order valence-corrected chi connectivity index (χ2v) is 3.85. The largest absolute Gasteiger partial charge is 0.330 e. The zero-order valence-electron chi connectivity index (χ0n) is 9.93. The van der Waals surface area contributed by atoms with Crippen molar-refractivity contribution in [3.8, 4) is 0 Å². The lowest BCUT2D eigenvalue weighted by Gasteiger charge is -2.05. The lowest BCUT2D eigenvalue weighted by molar-refractivity contribution is 0.565. The average molecular weight is 216 g/mol. The SMILES string of the molecule is NCCCCNCCCNCCCCN. The molecule has 0 saturated heterocycles. The van der Waals surface area contributed by atoms with E-state index in [4.69, 9.17) is 11.5 Å².